The lowest BCUT2D eigenvalue weighted by atomic mass is 9.94. The minimum Gasteiger partial charge on any atom is -0.487 e. The molecule has 0 N–H and O–H groups in total. The number of hydrogen-bond donors (Lipinski definition) is 0. The van der Waals surface area contributed by atoms with Crippen LogP contribution in [0.15, 0.2) is 24.3 Å². The molecular weight excluding hydrogens is 272 g/mol. The summed E-state index contributed by atoms with van der Waals surface area (Å²) in [5.74, 6) is 1.95. The number of rotatable bonds is 8. The van der Waals surface area contributed by atoms with Crippen LogP contribution in [0.2, 0.25) is 0 Å². The Kier molecular flexibility index (Phi) is 6.49. The smallest absolute Gasteiger partial charge is 0.123 e. The monoisotopic (exact) mass is 306 g/mol. The Hall–Kier alpha value is -1.02. The van der Waals surface area contributed by atoms with Gasteiger partial charge in [-0.15, -0.1) is 0 Å². The second kappa shape index (κ2) is 7.50. The fraction of sp³-hybridized carbons (Fsp3) is 0.700. The first-order valence-corrected chi connectivity index (χ1v) is 8.47. The third-order valence-electron chi connectivity index (χ3n) is 4.50. The molecule has 2 nitrogen and oxygen atoms in total. The maximum atomic E-state index is 6.29. The van der Waals surface area contributed by atoms with Crippen molar-refractivity contribution in [3.8, 4) is 5.75 Å². The molecule has 1 aromatic carbocycles. The first kappa shape index (κ1) is 19.0. The molecule has 0 aliphatic heterocycles. The number of hydrogen-bond acceptors (Lipinski definition) is 2. The molecule has 0 amide bonds. The lowest BCUT2D eigenvalue weighted by Crippen LogP contribution is -2.35. The first-order valence-electron chi connectivity index (χ1n) is 8.47. The minimum atomic E-state index is -0.238. The van der Waals surface area contributed by atoms with Crippen LogP contribution in [-0.2, 0) is 4.74 Å². The molecular formula is C20H34O2. The van der Waals surface area contributed by atoms with E-state index >= 15 is 0 Å². The quantitative estimate of drug-likeness (QED) is 0.603. The zero-order chi connectivity index (χ0) is 17.0. The fourth-order valence-electron chi connectivity index (χ4n) is 2.13. The van der Waals surface area contributed by atoms with Gasteiger partial charge in [0.15, 0.2) is 0 Å². The molecule has 0 atom stereocenters. The van der Waals surface area contributed by atoms with E-state index in [0.717, 1.165) is 12.2 Å². The van der Waals surface area contributed by atoms with E-state index in [4.69, 9.17) is 9.47 Å². The topological polar surface area (TPSA) is 18.5 Å². The van der Waals surface area contributed by atoms with Crippen molar-refractivity contribution >= 4 is 0 Å². The molecule has 2 heteroatoms. The van der Waals surface area contributed by atoms with Crippen molar-refractivity contribution in [1.82, 2.24) is 0 Å². The highest BCUT2D eigenvalue weighted by atomic mass is 16.5. The Morgan fingerprint density at radius 2 is 1.55 bits per heavy atom. The van der Waals surface area contributed by atoms with Crippen LogP contribution in [0.3, 0.4) is 0 Å². The molecule has 0 saturated carbocycles. The van der Waals surface area contributed by atoms with E-state index in [9.17, 15) is 0 Å². The van der Waals surface area contributed by atoms with Crippen molar-refractivity contribution in [2.24, 2.45) is 5.92 Å². The second-order valence-electron chi connectivity index (χ2n) is 7.91. The van der Waals surface area contributed by atoms with Crippen LogP contribution in [0.5, 0.6) is 5.75 Å². The summed E-state index contributed by atoms with van der Waals surface area (Å²) in [6.07, 6.45) is 0.871. The zero-order valence-corrected chi connectivity index (χ0v) is 15.7. The maximum absolute atomic E-state index is 6.29. The average molecular weight is 306 g/mol. The average Bonchev–Trinajstić information content (AvgIpc) is 2.37. The predicted molar refractivity (Wildman–Crippen MR) is 94.7 cm³/mol. The SMILES string of the molecule is CC(C)c1ccccc1OC(C)(C)CCOC(C)(C)C(C)C. The van der Waals surface area contributed by atoms with Crippen molar-refractivity contribution in [3.05, 3.63) is 29.8 Å². The molecule has 1 rings (SSSR count). The van der Waals surface area contributed by atoms with Crippen LogP contribution in [0, 0.1) is 5.92 Å². The van der Waals surface area contributed by atoms with Gasteiger partial charge < -0.3 is 9.47 Å². The highest BCUT2D eigenvalue weighted by molar-refractivity contribution is 5.36. The highest BCUT2D eigenvalue weighted by Gasteiger charge is 2.26. The molecule has 0 aliphatic carbocycles. The maximum Gasteiger partial charge on any atom is 0.123 e. The van der Waals surface area contributed by atoms with Gasteiger partial charge in [0.25, 0.3) is 0 Å². The highest BCUT2D eigenvalue weighted by Crippen LogP contribution is 2.30. The largest absolute Gasteiger partial charge is 0.487 e. The molecule has 0 aromatic heterocycles. The van der Waals surface area contributed by atoms with E-state index in [-0.39, 0.29) is 11.2 Å². The predicted octanol–water partition coefficient (Wildman–Crippen LogP) is 5.81. The van der Waals surface area contributed by atoms with Gasteiger partial charge in [0.1, 0.15) is 11.4 Å². The van der Waals surface area contributed by atoms with Gasteiger partial charge in [-0.1, -0.05) is 45.9 Å². The summed E-state index contributed by atoms with van der Waals surface area (Å²) in [4.78, 5) is 0. The molecule has 0 radical (unpaired) electrons. The second-order valence-corrected chi connectivity index (χ2v) is 7.91. The number of para-hydroxylation sites is 1. The summed E-state index contributed by atoms with van der Waals surface area (Å²) in [6, 6.07) is 8.32. The first-order chi connectivity index (χ1) is 10.1. The van der Waals surface area contributed by atoms with Crippen molar-refractivity contribution in [1.29, 1.82) is 0 Å². The molecule has 126 valence electrons. The summed E-state index contributed by atoms with van der Waals surface area (Å²) < 4.78 is 12.4. The summed E-state index contributed by atoms with van der Waals surface area (Å²) in [5.41, 5.74) is 0.934. The van der Waals surface area contributed by atoms with Crippen molar-refractivity contribution in [2.45, 2.75) is 78.9 Å². The van der Waals surface area contributed by atoms with Crippen LogP contribution in [0.1, 0.15) is 73.3 Å². The molecule has 0 spiro atoms. The van der Waals surface area contributed by atoms with Crippen LogP contribution < -0.4 is 4.74 Å². The normalized spacial score (nSPS) is 13.0. The van der Waals surface area contributed by atoms with Crippen LogP contribution in [-0.4, -0.2) is 17.8 Å². The third kappa shape index (κ3) is 5.64. The molecule has 0 heterocycles. The van der Waals surface area contributed by atoms with Gasteiger partial charge >= 0.3 is 0 Å². The minimum absolute atomic E-state index is 0.0913. The molecule has 1 aromatic rings. The van der Waals surface area contributed by atoms with E-state index in [1.54, 1.807) is 0 Å². The van der Waals surface area contributed by atoms with Crippen LogP contribution >= 0.6 is 0 Å². The Bertz CT molecular complexity index is 459. The Morgan fingerprint density at radius 1 is 0.955 bits per heavy atom. The van der Waals surface area contributed by atoms with E-state index in [2.05, 4.69) is 73.6 Å². The third-order valence-corrected chi connectivity index (χ3v) is 4.50. The lowest BCUT2D eigenvalue weighted by molar-refractivity contribution is -0.0668. The van der Waals surface area contributed by atoms with Gasteiger partial charge in [-0.05, 0) is 51.2 Å². The van der Waals surface area contributed by atoms with Crippen molar-refractivity contribution < 1.29 is 9.47 Å². The Labute approximate surface area is 137 Å². The number of benzene rings is 1. The van der Waals surface area contributed by atoms with Gasteiger partial charge in [-0.2, -0.15) is 0 Å². The van der Waals surface area contributed by atoms with E-state index < -0.39 is 0 Å². The summed E-state index contributed by atoms with van der Waals surface area (Å²) in [5, 5.41) is 0. The lowest BCUT2D eigenvalue weighted by Gasteiger charge is -2.33. The van der Waals surface area contributed by atoms with E-state index in [0.29, 0.717) is 18.4 Å². The van der Waals surface area contributed by atoms with Crippen LogP contribution in [0.4, 0.5) is 0 Å². The molecule has 0 fully saturated rings. The van der Waals surface area contributed by atoms with Gasteiger partial charge in [0.05, 0.1) is 12.2 Å². The molecule has 0 bridgehead atoms. The summed E-state index contributed by atoms with van der Waals surface area (Å²) in [6.45, 7) is 18.1. The van der Waals surface area contributed by atoms with Gasteiger partial charge in [-0.25, -0.2) is 0 Å². The number of ether oxygens (including phenoxy) is 2. The van der Waals surface area contributed by atoms with Crippen LogP contribution in [0.25, 0.3) is 0 Å². The molecule has 0 aliphatic rings. The van der Waals surface area contributed by atoms with Crippen molar-refractivity contribution in [3.63, 3.8) is 0 Å². The summed E-state index contributed by atoms with van der Waals surface area (Å²) in [7, 11) is 0. The van der Waals surface area contributed by atoms with E-state index in [1.165, 1.54) is 5.56 Å². The van der Waals surface area contributed by atoms with Gasteiger partial charge in [-0.3, -0.25) is 0 Å². The van der Waals surface area contributed by atoms with E-state index in [1.807, 2.05) is 6.07 Å². The Morgan fingerprint density at radius 3 is 2.09 bits per heavy atom. The molecule has 0 unspecified atom stereocenters. The Balaban J connectivity index is 2.65. The fourth-order valence-corrected chi connectivity index (χ4v) is 2.13. The van der Waals surface area contributed by atoms with Gasteiger partial charge in [0.2, 0.25) is 0 Å². The molecule has 0 saturated heterocycles. The zero-order valence-electron chi connectivity index (χ0n) is 15.7. The summed E-state index contributed by atoms with van der Waals surface area (Å²) >= 11 is 0. The molecule has 22 heavy (non-hydrogen) atoms. The van der Waals surface area contributed by atoms with Gasteiger partial charge in [0, 0.05) is 6.42 Å². The van der Waals surface area contributed by atoms with Crippen molar-refractivity contribution in [2.75, 3.05) is 6.61 Å². The standard InChI is InChI=1S/C20H34O2/c1-15(2)17-11-9-10-12-18(17)22-19(5,6)13-14-21-20(7,8)16(3)4/h9-12,15-16H,13-14H2,1-8H3.